The predicted molar refractivity (Wildman–Crippen MR) is 55.7 cm³/mol. The fourth-order valence-corrected chi connectivity index (χ4v) is 2.60. The van der Waals surface area contributed by atoms with Gasteiger partial charge in [-0.15, -0.1) is 0 Å². The van der Waals surface area contributed by atoms with E-state index in [1.54, 1.807) is 6.07 Å². The molecule has 2 fully saturated rings. The molecule has 1 aromatic heterocycles. The van der Waals surface area contributed by atoms with Gasteiger partial charge < -0.3 is 0 Å². The third-order valence-electron chi connectivity index (χ3n) is 3.25. The summed E-state index contributed by atoms with van der Waals surface area (Å²) in [7, 11) is 0. The summed E-state index contributed by atoms with van der Waals surface area (Å²) in [5.41, 5.74) is 1.79. The Morgan fingerprint density at radius 3 is 3.06 bits per heavy atom. The molecule has 3 unspecified atom stereocenters. The second-order valence-corrected chi connectivity index (χ2v) is 5.11. The number of fused-ring (bicyclic) bond motifs is 1. The lowest BCUT2D eigenvalue weighted by Crippen LogP contribution is -2.43. The van der Waals surface area contributed by atoms with Crippen molar-refractivity contribution in [1.29, 1.82) is 0 Å². The van der Waals surface area contributed by atoms with Gasteiger partial charge in [-0.1, -0.05) is 0 Å². The fraction of sp³-hybridized carbons (Fsp3) is 0.500. The van der Waals surface area contributed by atoms with Crippen LogP contribution in [0.2, 0.25) is 0 Å². The van der Waals surface area contributed by atoms with Gasteiger partial charge in [0.15, 0.2) is 0 Å². The van der Waals surface area contributed by atoms with E-state index in [0.717, 1.165) is 6.42 Å². The topological polar surface area (TPSA) is 34.2 Å². The van der Waals surface area contributed by atoms with Crippen LogP contribution < -0.4 is 5.48 Å². The van der Waals surface area contributed by atoms with Crippen molar-refractivity contribution in [2.45, 2.75) is 18.1 Å². The molecule has 3 rings (SSSR count). The zero-order valence-electron chi connectivity index (χ0n) is 8.21. The highest BCUT2D eigenvalue weighted by molar-refractivity contribution is 9.10. The number of rotatable bonds is 2. The molecule has 1 aliphatic heterocycles. The first-order valence-electron chi connectivity index (χ1n) is 4.97. The molecule has 0 aromatic carbocycles. The van der Waals surface area contributed by atoms with Crippen molar-refractivity contribution in [3.8, 4) is 0 Å². The van der Waals surface area contributed by atoms with Crippen molar-refractivity contribution in [2.24, 2.45) is 5.92 Å². The van der Waals surface area contributed by atoms with Gasteiger partial charge in [-0.3, -0.25) is 4.84 Å². The van der Waals surface area contributed by atoms with Crippen molar-refractivity contribution >= 4 is 15.9 Å². The van der Waals surface area contributed by atoms with Gasteiger partial charge in [0.1, 0.15) is 12.2 Å². The maximum atomic E-state index is 13.7. The minimum absolute atomic E-state index is 0.00287. The van der Waals surface area contributed by atoms with Crippen LogP contribution in [0.25, 0.3) is 0 Å². The van der Waals surface area contributed by atoms with Gasteiger partial charge in [-0.25, -0.2) is 9.37 Å². The highest BCUT2D eigenvalue weighted by Gasteiger charge is 2.62. The van der Waals surface area contributed by atoms with Crippen LogP contribution in [0.3, 0.4) is 0 Å². The van der Waals surface area contributed by atoms with E-state index in [4.69, 9.17) is 4.84 Å². The maximum Gasteiger partial charge on any atom is 0.218 e. The lowest BCUT2D eigenvalue weighted by atomic mass is 9.88. The van der Waals surface area contributed by atoms with Gasteiger partial charge in [0.25, 0.3) is 0 Å². The van der Waals surface area contributed by atoms with Crippen molar-refractivity contribution in [3.63, 3.8) is 0 Å². The van der Waals surface area contributed by atoms with Gasteiger partial charge >= 0.3 is 0 Å². The van der Waals surface area contributed by atoms with Crippen LogP contribution >= 0.6 is 15.9 Å². The molecule has 0 amide bonds. The Morgan fingerprint density at radius 2 is 2.50 bits per heavy atom. The normalized spacial score (nSPS) is 36.2. The van der Waals surface area contributed by atoms with E-state index < -0.39 is 18.2 Å². The maximum absolute atomic E-state index is 13.7. The average Bonchev–Trinajstić information content (AvgIpc) is 2.98. The van der Waals surface area contributed by atoms with Crippen molar-refractivity contribution < 1.29 is 13.6 Å². The Balaban J connectivity index is 2.09. The molecule has 0 radical (unpaired) electrons. The van der Waals surface area contributed by atoms with Crippen molar-refractivity contribution in [3.05, 3.63) is 28.2 Å². The highest BCUT2D eigenvalue weighted by atomic mass is 79.9. The quantitative estimate of drug-likeness (QED) is 0.847. The summed E-state index contributed by atoms with van der Waals surface area (Å²) in [6, 6.07) is 1.55. The standard InChI is InChI=1S/C10H9BrF2N2O/c11-5-1-7(9(13)14-3-5)10(4-12)6-2-8(6)16-15-10/h1,3,6,8,15H,2,4H2. The number of nitrogens with zero attached hydrogens (tertiary/aromatic N) is 1. The van der Waals surface area contributed by atoms with E-state index in [1.165, 1.54) is 6.20 Å². The molecule has 6 heteroatoms. The summed E-state index contributed by atoms with van der Waals surface area (Å²) in [5.74, 6) is -0.646. The van der Waals surface area contributed by atoms with Crippen LogP contribution in [0.5, 0.6) is 0 Å². The second-order valence-electron chi connectivity index (χ2n) is 4.20. The molecule has 1 saturated carbocycles. The number of aromatic nitrogens is 1. The second kappa shape index (κ2) is 3.45. The zero-order valence-corrected chi connectivity index (χ0v) is 9.80. The summed E-state index contributed by atoms with van der Waals surface area (Å²) >= 11 is 3.21. The van der Waals surface area contributed by atoms with E-state index in [2.05, 4.69) is 26.4 Å². The molecular formula is C10H9BrF2N2O. The van der Waals surface area contributed by atoms with Crippen LogP contribution in [0.1, 0.15) is 12.0 Å². The summed E-state index contributed by atoms with van der Waals surface area (Å²) < 4.78 is 27.6. The van der Waals surface area contributed by atoms with Crippen LogP contribution in [-0.4, -0.2) is 17.8 Å². The van der Waals surface area contributed by atoms with Crippen LogP contribution in [0.4, 0.5) is 8.78 Å². The first-order valence-corrected chi connectivity index (χ1v) is 5.77. The molecule has 2 aliphatic rings. The van der Waals surface area contributed by atoms with E-state index in [1.807, 2.05) is 0 Å². The number of hydrogen-bond acceptors (Lipinski definition) is 3. The third-order valence-corrected chi connectivity index (χ3v) is 3.69. The summed E-state index contributed by atoms with van der Waals surface area (Å²) in [4.78, 5) is 8.78. The fourth-order valence-electron chi connectivity index (χ4n) is 2.27. The molecule has 86 valence electrons. The van der Waals surface area contributed by atoms with E-state index in [9.17, 15) is 8.78 Å². The smallest absolute Gasteiger partial charge is 0.218 e. The summed E-state index contributed by atoms with van der Waals surface area (Å²) in [6.07, 6.45) is 2.13. The Hall–Kier alpha value is -0.590. The number of nitrogens with one attached hydrogen (secondary N) is 1. The Morgan fingerprint density at radius 1 is 1.69 bits per heavy atom. The minimum atomic E-state index is -1.06. The first kappa shape index (κ1) is 10.6. The monoisotopic (exact) mass is 290 g/mol. The molecule has 1 aliphatic carbocycles. The van der Waals surface area contributed by atoms with Crippen LogP contribution in [0.15, 0.2) is 16.7 Å². The van der Waals surface area contributed by atoms with Gasteiger partial charge in [0.2, 0.25) is 5.95 Å². The molecule has 0 bridgehead atoms. The molecule has 2 heterocycles. The predicted octanol–water partition coefficient (Wildman–Crippen LogP) is 2.07. The Labute approximate surface area is 99.3 Å². The molecule has 1 aromatic rings. The van der Waals surface area contributed by atoms with Crippen molar-refractivity contribution in [1.82, 2.24) is 10.5 Å². The molecule has 3 nitrogen and oxygen atoms in total. The number of pyridine rings is 1. The minimum Gasteiger partial charge on any atom is -0.297 e. The zero-order chi connectivity index (χ0) is 11.3. The van der Waals surface area contributed by atoms with E-state index >= 15 is 0 Å². The van der Waals surface area contributed by atoms with E-state index in [0.29, 0.717) is 4.47 Å². The molecular weight excluding hydrogens is 282 g/mol. The van der Waals surface area contributed by atoms with Gasteiger partial charge in [0.05, 0.1) is 6.10 Å². The molecule has 3 atom stereocenters. The number of halogens is 3. The Kier molecular flexibility index (Phi) is 2.28. The lowest BCUT2D eigenvalue weighted by Gasteiger charge is -2.27. The molecule has 16 heavy (non-hydrogen) atoms. The number of alkyl halides is 1. The average molecular weight is 291 g/mol. The van der Waals surface area contributed by atoms with Gasteiger partial charge in [0, 0.05) is 22.2 Å². The third kappa shape index (κ3) is 1.33. The highest BCUT2D eigenvalue weighted by Crippen LogP contribution is 2.53. The molecule has 0 spiro atoms. The van der Waals surface area contributed by atoms with Crippen LogP contribution in [-0.2, 0) is 10.4 Å². The largest absolute Gasteiger partial charge is 0.297 e. The number of hydroxylamine groups is 1. The number of hydrogen-bond donors (Lipinski definition) is 1. The summed E-state index contributed by atoms with van der Waals surface area (Å²) in [5, 5.41) is 0. The molecule has 1 N–H and O–H groups in total. The van der Waals surface area contributed by atoms with Gasteiger partial charge in [-0.05, 0) is 28.4 Å². The first-order chi connectivity index (χ1) is 7.67. The van der Waals surface area contributed by atoms with Gasteiger partial charge in [-0.2, -0.15) is 9.87 Å². The Bertz CT molecular complexity index is 445. The van der Waals surface area contributed by atoms with Crippen molar-refractivity contribution in [2.75, 3.05) is 6.67 Å². The summed E-state index contributed by atoms with van der Waals surface area (Å²) in [6.45, 7) is -0.705. The SMILES string of the molecule is FCC1(c2cc(Br)cnc2F)NOC2CC21. The van der Waals surface area contributed by atoms with E-state index in [-0.39, 0.29) is 17.6 Å². The lowest BCUT2D eigenvalue weighted by molar-refractivity contribution is 0.00697. The van der Waals surface area contributed by atoms with Crippen LogP contribution in [0, 0.1) is 11.9 Å². The molecule has 1 saturated heterocycles.